The number of aromatic nitrogens is 2. The van der Waals surface area contributed by atoms with E-state index >= 15 is 0 Å². The minimum Gasteiger partial charge on any atom is -0.351 e. The van der Waals surface area contributed by atoms with E-state index < -0.39 is 0 Å². The molecule has 0 atom stereocenters. The molecule has 3 aromatic rings. The van der Waals surface area contributed by atoms with Crippen LogP contribution in [0.2, 0.25) is 10.0 Å². The quantitative estimate of drug-likeness (QED) is 0.511. The monoisotopic (exact) mass is 398 g/mol. The third-order valence-corrected chi connectivity index (χ3v) is 5.06. The second-order valence-corrected chi connectivity index (χ2v) is 7.61. The van der Waals surface area contributed by atoms with E-state index in [2.05, 4.69) is 15.6 Å². The summed E-state index contributed by atoms with van der Waals surface area (Å²) in [5.74, 6) is 1.33. The summed E-state index contributed by atoms with van der Waals surface area (Å²) in [5.41, 5.74) is 2.69. The predicted molar refractivity (Wildman–Crippen MR) is 113 cm³/mol. The lowest BCUT2D eigenvalue weighted by Crippen LogP contribution is -2.17. The average molecular weight is 399 g/mol. The number of hydrogen-bond donors (Lipinski definition) is 2. The SMILES string of the molecule is Clc1cc(Cl)cc(Nc2cc(-c3ccccc3)nc(NC3CCCC3)n2)c1. The summed E-state index contributed by atoms with van der Waals surface area (Å²) >= 11 is 12.2. The van der Waals surface area contributed by atoms with Crippen molar-refractivity contribution in [1.82, 2.24) is 9.97 Å². The minimum atomic E-state index is 0.435. The van der Waals surface area contributed by atoms with Crippen LogP contribution >= 0.6 is 23.2 Å². The van der Waals surface area contributed by atoms with Gasteiger partial charge in [-0.25, -0.2) is 4.98 Å². The molecule has 6 heteroatoms. The molecule has 4 rings (SSSR count). The number of nitrogens with zero attached hydrogens (tertiary/aromatic N) is 2. The number of halogens is 2. The lowest BCUT2D eigenvalue weighted by molar-refractivity contribution is 0.744. The molecular formula is C21H20Cl2N4. The fourth-order valence-electron chi connectivity index (χ4n) is 3.36. The highest BCUT2D eigenvalue weighted by molar-refractivity contribution is 6.35. The summed E-state index contributed by atoms with van der Waals surface area (Å²) < 4.78 is 0. The van der Waals surface area contributed by atoms with Crippen LogP contribution in [0.25, 0.3) is 11.3 Å². The predicted octanol–water partition coefficient (Wildman–Crippen LogP) is 6.55. The molecule has 0 radical (unpaired) electrons. The van der Waals surface area contributed by atoms with Crippen molar-refractivity contribution >= 4 is 40.7 Å². The lowest BCUT2D eigenvalue weighted by Gasteiger charge is -2.15. The number of hydrogen-bond acceptors (Lipinski definition) is 4. The molecule has 0 amide bonds. The van der Waals surface area contributed by atoms with Crippen molar-refractivity contribution in [3.05, 3.63) is 64.6 Å². The molecule has 0 aliphatic heterocycles. The Morgan fingerprint density at radius 1 is 0.852 bits per heavy atom. The third kappa shape index (κ3) is 4.71. The standard InChI is InChI=1S/C21H20Cl2N4/c22-15-10-16(23)12-18(11-15)24-20-13-19(14-6-2-1-3-7-14)26-21(27-20)25-17-8-4-5-9-17/h1-3,6-7,10-13,17H,4-5,8-9H2,(H2,24,25,26,27). The molecule has 4 nitrogen and oxygen atoms in total. The smallest absolute Gasteiger partial charge is 0.225 e. The van der Waals surface area contributed by atoms with Crippen LogP contribution < -0.4 is 10.6 Å². The van der Waals surface area contributed by atoms with Crippen molar-refractivity contribution in [2.24, 2.45) is 0 Å². The number of anilines is 3. The summed E-state index contributed by atoms with van der Waals surface area (Å²) in [5, 5.41) is 7.94. The zero-order valence-electron chi connectivity index (χ0n) is 14.8. The van der Waals surface area contributed by atoms with Crippen LogP contribution in [0.15, 0.2) is 54.6 Å². The molecule has 2 aromatic carbocycles. The molecule has 138 valence electrons. The van der Waals surface area contributed by atoms with E-state index in [0.29, 0.717) is 27.9 Å². The zero-order chi connectivity index (χ0) is 18.6. The molecule has 0 unspecified atom stereocenters. The van der Waals surface area contributed by atoms with Gasteiger partial charge in [-0.05, 0) is 31.0 Å². The summed E-state index contributed by atoms with van der Waals surface area (Å²) in [4.78, 5) is 9.39. The number of benzene rings is 2. The van der Waals surface area contributed by atoms with Gasteiger partial charge in [0.15, 0.2) is 0 Å². The first-order valence-corrected chi connectivity index (χ1v) is 9.85. The van der Waals surface area contributed by atoms with E-state index in [4.69, 9.17) is 28.2 Å². The van der Waals surface area contributed by atoms with Crippen LogP contribution in [0.1, 0.15) is 25.7 Å². The van der Waals surface area contributed by atoms with E-state index in [1.165, 1.54) is 12.8 Å². The Labute approximate surface area is 169 Å². The highest BCUT2D eigenvalue weighted by atomic mass is 35.5. The molecule has 0 saturated heterocycles. The van der Waals surface area contributed by atoms with Crippen molar-refractivity contribution in [2.75, 3.05) is 10.6 Å². The van der Waals surface area contributed by atoms with Crippen LogP contribution in [0, 0.1) is 0 Å². The number of rotatable bonds is 5. The van der Waals surface area contributed by atoms with Gasteiger partial charge in [-0.1, -0.05) is 66.4 Å². The van der Waals surface area contributed by atoms with E-state index in [1.807, 2.05) is 48.5 Å². The van der Waals surface area contributed by atoms with Crippen molar-refractivity contribution in [3.8, 4) is 11.3 Å². The highest BCUT2D eigenvalue weighted by Crippen LogP contribution is 2.28. The van der Waals surface area contributed by atoms with Gasteiger partial charge in [0.2, 0.25) is 5.95 Å². The number of nitrogens with one attached hydrogen (secondary N) is 2. The molecule has 0 bridgehead atoms. The van der Waals surface area contributed by atoms with Crippen LogP contribution in [-0.4, -0.2) is 16.0 Å². The van der Waals surface area contributed by atoms with Crippen molar-refractivity contribution in [2.45, 2.75) is 31.7 Å². The third-order valence-electron chi connectivity index (χ3n) is 4.62. The Bertz CT molecular complexity index is 904. The maximum atomic E-state index is 6.12. The normalized spacial score (nSPS) is 14.3. The Morgan fingerprint density at radius 3 is 2.26 bits per heavy atom. The summed E-state index contributed by atoms with van der Waals surface area (Å²) in [6, 6.07) is 17.8. The second kappa shape index (κ2) is 8.15. The van der Waals surface area contributed by atoms with Crippen LogP contribution in [0.4, 0.5) is 17.5 Å². The topological polar surface area (TPSA) is 49.8 Å². The Hall–Kier alpha value is -2.30. The molecule has 27 heavy (non-hydrogen) atoms. The van der Waals surface area contributed by atoms with Gasteiger partial charge in [0, 0.05) is 33.4 Å². The average Bonchev–Trinajstić information content (AvgIpc) is 3.14. The van der Waals surface area contributed by atoms with Crippen molar-refractivity contribution in [1.29, 1.82) is 0 Å². The van der Waals surface area contributed by atoms with Gasteiger partial charge in [-0.2, -0.15) is 4.98 Å². The van der Waals surface area contributed by atoms with E-state index in [9.17, 15) is 0 Å². The molecule has 1 fully saturated rings. The van der Waals surface area contributed by atoms with Gasteiger partial charge in [0.1, 0.15) is 5.82 Å². The van der Waals surface area contributed by atoms with Crippen molar-refractivity contribution < 1.29 is 0 Å². The van der Waals surface area contributed by atoms with Gasteiger partial charge < -0.3 is 10.6 Å². The first-order valence-electron chi connectivity index (χ1n) is 9.10. The van der Waals surface area contributed by atoms with Gasteiger partial charge >= 0.3 is 0 Å². The lowest BCUT2D eigenvalue weighted by atomic mass is 10.1. The first kappa shape index (κ1) is 18.1. The van der Waals surface area contributed by atoms with Gasteiger partial charge in [0.25, 0.3) is 0 Å². The summed E-state index contributed by atoms with van der Waals surface area (Å²) in [6.45, 7) is 0. The largest absolute Gasteiger partial charge is 0.351 e. The van der Waals surface area contributed by atoms with Gasteiger partial charge in [-0.15, -0.1) is 0 Å². The first-order chi connectivity index (χ1) is 13.2. The zero-order valence-corrected chi connectivity index (χ0v) is 16.3. The molecular weight excluding hydrogens is 379 g/mol. The van der Waals surface area contributed by atoms with E-state index in [0.717, 1.165) is 29.8 Å². The Kier molecular flexibility index (Phi) is 5.46. The van der Waals surface area contributed by atoms with Crippen LogP contribution in [0.5, 0.6) is 0 Å². The Balaban J connectivity index is 1.68. The van der Waals surface area contributed by atoms with Gasteiger partial charge in [-0.3, -0.25) is 0 Å². The molecule has 2 N–H and O–H groups in total. The fraction of sp³-hybridized carbons (Fsp3) is 0.238. The molecule has 1 aliphatic carbocycles. The highest BCUT2D eigenvalue weighted by Gasteiger charge is 2.17. The molecule has 0 spiro atoms. The van der Waals surface area contributed by atoms with Crippen LogP contribution in [0.3, 0.4) is 0 Å². The molecule has 1 saturated carbocycles. The molecule has 1 aliphatic rings. The maximum Gasteiger partial charge on any atom is 0.225 e. The summed E-state index contributed by atoms with van der Waals surface area (Å²) in [7, 11) is 0. The van der Waals surface area contributed by atoms with E-state index in [-0.39, 0.29) is 0 Å². The maximum absolute atomic E-state index is 6.12. The molecule has 1 heterocycles. The molecule has 1 aromatic heterocycles. The minimum absolute atomic E-state index is 0.435. The van der Waals surface area contributed by atoms with Crippen LogP contribution in [-0.2, 0) is 0 Å². The van der Waals surface area contributed by atoms with E-state index in [1.54, 1.807) is 6.07 Å². The van der Waals surface area contributed by atoms with Gasteiger partial charge in [0.05, 0.1) is 5.69 Å². The van der Waals surface area contributed by atoms with Crippen molar-refractivity contribution in [3.63, 3.8) is 0 Å². The second-order valence-electron chi connectivity index (χ2n) is 6.74. The Morgan fingerprint density at radius 2 is 1.56 bits per heavy atom. The fourth-order valence-corrected chi connectivity index (χ4v) is 3.89. The summed E-state index contributed by atoms with van der Waals surface area (Å²) in [6.07, 6.45) is 4.82.